The SMILES string of the molecule is CC[C@H]1O[C@@H](n2cc(CCl)c3c(Cl)ncnc32)CC1O[Si](C)(C)C(C)(C)C.CC[C@H]1O[C@@H](n2cc(CO)c3c(Cl)ncnc32)CC1O[Si](C)(C)C(C)(C)C.CC[C@H]1O[C@@H](n2cc(COC(c3ccccc3[N+](=O)[O-])C(C)C)c3c(Cl)ncnc32)CC1O[Si](C)(C)C(C)(C)C.CC[C@H]1O[C@@H](n2cc(COC(c3ccccc3[N+](=O)[O-])C(C)C)c3c(N)ncnc32)CC1OO[Si](C)(C)C(C)(C)C. The molecule has 0 aliphatic carbocycles. The predicted molar refractivity (Wildman–Crippen MR) is 541 cm³/mol. The number of nitrogens with zero attached hydrogens (tertiary/aromatic N) is 14. The van der Waals surface area contributed by atoms with Crippen molar-refractivity contribution in [2.24, 2.45) is 11.8 Å². The van der Waals surface area contributed by atoms with E-state index in [0.29, 0.717) is 89.8 Å². The molecule has 0 spiro atoms. The van der Waals surface area contributed by atoms with Crippen molar-refractivity contribution in [2.45, 2.75) is 374 Å². The number of halogens is 4. The van der Waals surface area contributed by atoms with Crippen LogP contribution in [0.1, 0.15) is 260 Å². The molecule has 6 unspecified atom stereocenters. The standard InChI is InChI=1S/C29H41ClN4O5Si.C29H43N5O6Si.C19H29Cl2N3O2Si.C19H30ClN3O3Si/c1-9-22-23(39-40(7,8)29(4,5)6)14-24(38-22)33-15-19(25-27(30)31-17-32-28(25)33)16-37-26(18(2)3)20-12-10-11-13-21(20)34(35)36;1-9-22-23(39-40-41(7,8)29(4,5)6)14-24(38-22)33-15-19(25-27(30)31-17-32-28(25)33)16-37-26(18(2)3)20-12-10-11-13-21(20)34(35)36;1-7-13-14(26-27(5,6)19(2,3)4)8-15(25-13)24-10-12(9-20)16-17(21)22-11-23-18(16)24;1-7-13-14(26-27(5,6)19(2,3)4)8-15(25-13)23-9-12(10-24)16-17(20)21-11-22-18(16)23/h10-13,15,17-18,22-24,26H,9,14,16H2,1-8H3;10-13,15,17-18,22-24,26H,9,14,16H2,1-8H3,(H2,30,31,32);10-11,13-15H,7-9H2,1-6H3;9,11,13-15,24H,7-8,10H2,1-6H3/t2*22-,23?,24-,26?;2*13-,14?,15-/m1111/s1. The maximum absolute atomic E-state index is 11.7. The number of nitro groups is 2. The van der Waals surface area contributed by atoms with Gasteiger partial charge in [0.1, 0.15) is 100 Å². The molecule has 14 atom stereocenters. The number of anilines is 1. The molecular formula is C96H143Cl4N15O16Si4. The number of aromatic nitrogens is 12. The molecule has 135 heavy (non-hydrogen) atoms. The Morgan fingerprint density at radius 3 is 1.05 bits per heavy atom. The van der Waals surface area contributed by atoms with Crippen molar-refractivity contribution >= 4 is 141 Å². The van der Waals surface area contributed by atoms with Crippen LogP contribution in [0.2, 0.25) is 88.0 Å². The van der Waals surface area contributed by atoms with E-state index in [-0.39, 0.29) is 147 Å². The van der Waals surface area contributed by atoms with Gasteiger partial charge in [0.2, 0.25) is 8.32 Å². The van der Waals surface area contributed by atoms with Crippen molar-refractivity contribution in [1.82, 2.24) is 58.1 Å². The molecule has 0 saturated carbocycles. The van der Waals surface area contributed by atoms with E-state index in [2.05, 4.69) is 203 Å². The molecule has 39 heteroatoms. The molecule has 0 bridgehead atoms. The topological polar surface area (TPSA) is 357 Å². The van der Waals surface area contributed by atoms with Gasteiger partial charge in [-0.15, -0.1) is 11.6 Å². The fraction of sp³-hybridized carbons (Fsp3) is 0.625. The van der Waals surface area contributed by atoms with Crippen LogP contribution < -0.4 is 5.73 Å². The Labute approximate surface area is 819 Å². The van der Waals surface area contributed by atoms with Crippen LogP contribution in [0.15, 0.2) is 98.6 Å². The number of hydrogen-bond acceptors (Lipinski definition) is 25. The summed E-state index contributed by atoms with van der Waals surface area (Å²) < 4.78 is 72.7. The van der Waals surface area contributed by atoms with Gasteiger partial charge in [0.15, 0.2) is 25.0 Å². The summed E-state index contributed by atoms with van der Waals surface area (Å²) in [4.78, 5) is 63.3. The number of nitrogen functional groups attached to an aromatic ring is 1. The van der Waals surface area contributed by atoms with Gasteiger partial charge in [-0.3, -0.25) is 24.8 Å². The van der Waals surface area contributed by atoms with Gasteiger partial charge in [-0.05, 0) is 128 Å². The minimum atomic E-state index is -2.11. The Morgan fingerprint density at radius 2 is 0.733 bits per heavy atom. The van der Waals surface area contributed by atoms with Gasteiger partial charge in [-0.25, -0.2) is 44.8 Å². The van der Waals surface area contributed by atoms with Crippen LogP contribution in [0.3, 0.4) is 0 Å². The van der Waals surface area contributed by atoms with Gasteiger partial charge in [0, 0.05) is 85.2 Å². The molecule has 4 aliphatic heterocycles. The number of aliphatic hydroxyl groups is 1. The van der Waals surface area contributed by atoms with Crippen molar-refractivity contribution in [2.75, 3.05) is 5.73 Å². The van der Waals surface area contributed by atoms with Crippen LogP contribution in [0.4, 0.5) is 17.2 Å². The highest BCUT2D eigenvalue weighted by Gasteiger charge is 2.50. The molecule has 8 aromatic heterocycles. The normalized spacial score (nSPS) is 22.1. The molecule has 0 radical (unpaired) electrons. The van der Waals surface area contributed by atoms with Crippen LogP contribution in [0.5, 0.6) is 0 Å². The first-order valence-electron chi connectivity index (χ1n) is 47.1. The predicted octanol–water partition coefficient (Wildman–Crippen LogP) is 25.4. The summed E-state index contributed by atoms with van der Waals surface area (Å²) in [5, 5.41) is 37.5. The zero-order chi connectivity index (χ0) is 99.5. The van der Waals surface area contributed by atoms with E-state index < -0.39 is 45.5 Å². The minimum absolute atomic E-state index is 0.00195. The molecule has 4 fully saturated rings. The van der Waals surface area contributed by atoms with E-state index in [1.165, 1.54) is 37.4 Å². The first kappa shape index (κ1) is 108. The summed E-state index contributed by atoms with van der Waals surface area (Å²) in [5.41, 5.74) is 13.5. The highest BCUT2D eigenvalue weighted by molar-refractivity contribution is 6.75. The maximum atomic E-state index is 11.7. The van der Waals surface area contributed by atoms with Gasteiger partial charge >= 0.3 is 0 Å². The lowest BCUT2D eigenvalue weighted by Gasteiger charge is -2.39. The number of nitro benzene ring substituents is 2. The van der Waals surface area contributed by atoms with E-state index in [9.17, 15) is 25.3 Å². The number of fused-ring (bicyclic) bond motifs is 4. The van der Waals surface area contributed by atoms with Gasteiger partial charge in [0.25, 0.3) is 11.4 Å². The summed E-state index contributed by atoms with van der Waals surface area (Å²) in [6.45, 7) is 61.4. The van der Waals surface area contributed by atoms with E-state index in [4.69, 9.17) is 103 Å². The molecule has 4 aliphatic rings. The van der Waals surface area contributed by atoms with Gasteiger partial charge in [-0.1, -0.05) is 198 Å². The molecular weight excluding hydrogens is 1870 g/mol. The van der Waals surface area contributed by atoms with Crippen LogP contribution in [0.25, 0.3) is 44.1 Å². The highest BCUT2D eigenvalue weighted by atomic mass is 35.5. The molecule has 10 aromatic rings. The van der Waals surface area contributed by atoms with Gasteiger partial charge in [-0.2, -0.15) is 0 Å². The maximum Gasteiger partial charge on any atom is 0.275 e. The third-order valence-corrected chi connectivity index (χ3v) is 47.2. The molecule has 4 saturated heterocycles. The third kappa shape index (κ3) is 24.3. The van der Waals surface area contributed by atoms with Crippen molar-refractivity contribution in [3.05, 3.63) is 168 Å². The van der Waals surface area contributed by atoms with Crippen LogP contribution in [-0.2, 0) is 76.9 Å². The second-order valence-electron chi connectivity index (χ2n) is 42.5. The zero-order valence-electron chi connectivity index (χ0n) is 83.9. The number of hydrogen-bond donors (Lipinski definition) is 2. The van der Waals surface area contributed by atoms with Crippen LogP contribution in [-0.4, -0.2) is 155 Å². The van der Waals surface area contributed by atoms with E-state index >= 15 is 0 Å². The smallest absolute Gasteiger partial charge is 0.275 e. The molecule has 12 heterocycles. The average Bonchev–Trinajstić information content (AvgIpc) is 1.61. The number of para-hydroxylation sites is 2. The van der Waals surface area contributed by atoms with Crippen molar-refractivity contribution in [3.63, 3.8) is 0 Å². The second kappa shape index (κ2) is 44.1. The Bertz CT molecular complexity index is 5580. The van der Waals surface area contributed by atoms with Crippen molar-refractivity contribution < 1.29 is 66.1 Å². The zero-order valence-corrected chi connectivity index (χ0v) is 90.9. The van der Waals surface area contributed by atoms with Crippen molar-refractivity contribution in [3.8, 4) is 0 Å². The third-order valence-electron chi connectivity index (χ3n) is 28.4. The lowest BCUT2D eigenvalue weighted by Crippen LogP contribution is -2.45. The number of ether oxygens (including phenoxy) is 6. The van der Waals surface area contributed by atoms with Crippen molar-refractivity contribution in [1.29, 1.82) is 0 Å². The summed E-state index contributed by atoms with van der Waals surface area (Å²) in [6, 6.07) is 13.4. The minimum Gasteiger partial charge on any atom is -0.411 e. The fourth-order valence-electron chi connectivity index (χ4n) is 16.7. The molecule has 0 amide bonds. The summed E-state index contributed by atoms with van der Waals surface area (Å²) in [5.74, 6) is 0.668. The number of alkyl halides is 1. The molecule has 14 rings (SSSR count). The number of benzene rings is 2. The summed E-state index contributed by atoms with van der Waals surface area (Å²) >= 11 is 25.3. The Kier molecular flexibility index (Phi) is 35.4. The quantitative estimate of drug-likeness (QED) is 0.0102. The first-order valence-corrected chi connectivity index (χ1v) is 60.4. The Balaban J connectivity index is 0.000000176. The number of nitrogens with two attached hydrogens (primary N) is 1. The average molecular weight is 2020 g/mol. The molecule has 31 nitrogen and oxygen atoms in total. The molecule has 742 valence electrons. The summed E-state index contributed by atoms with van der Waals surface area (Å²) in [7, 11) is -7.89. The second-order valence-corrected chi connectivity index (χ2v) is 62.8. The van der Waals surface area contributed by atoms with Crippen LogP contribution >= 0.6 is 46.4 Å². The number of rotatable bonds is 31. The lowest BCUT2D eigenvalue weighted by atomic mass is 9.97. The lowest BCUT2D eigenvalue weighted by molar-refractivity contribution is -0.386. The molecule has 3 N–H and O–H groups in total. The van der Waals surface area contributed by atoms with Crippen LogP contribution in [0, 0.1) is 32.1 Å². The largest absolute Gasteiger partial charge is 0.411 e. The number of aliphatic hydroxyl groups excluding tert-OH is 1. The van der Waals surface area contributed by atoms with E-state index in [1.54, 1.807) is 36.4 Å². The summed E-state index contributed by atoms with van der Waals surface area (Å²) in [6.07, 6.45) is 17.6. The molecule has 2 aromatic carbocycles. The monoisotopic (exact) mass is 2010 g/mol. The fourth-order valence-corrected chi connectivity index (χ4v) is 22.3. The Hall–Kier alpha value is -6.93. The highest BCUT2D eigenvalue weighted by Crippen LogP contribution is 2.50. The first-order chi connectivity index (χ1) is 63.2. The Morgan fingerprint density at radius 1 is 0.444 bits per heavy atom. The van der Waals surface area contributed by atoms with E-state index in [1.807, 2.05) is 70.8 Å². The van der Waals surface area contributed by atoms with Gasteiger partial charge in [0.05, 0.1) is 117 Å². The van der Waals surface area contributed by atoms with E-state index in [0.717, 1.165) is 66.2 Å². The van der Waals surface area contributed by atoms with Gasteiger partial charge < -0.3 is 70.8 Å².